The minimum atomic E-state index is -0.233. The molecule has 1 aromatic rings. The van der Waals surface area contributed by atoms with Crippen LogP contribution in [0.2, 0.25) is 5.02 Å². The van der Waals surface area contributed by atoms with E-state index in [1.165, 1.54) is 22.3 Å². The number of hydrogen-bond acceptors (Lipinski definition) is 1. The molecule has 0 fully saturated rings. The zero-order valence-corrected chi connectivity index (χ0v) is 19.9. The maximum Gasteiger partial charge on any atom is 0.127 e. The van der Waals surface area contributed by atoms with E-state index in [1.807, 2.05) is 0 Å². The van der Waals surface area contributed by atoms with E-state index >= 15 is 0 Å². The molecule has 0 aromatic heterocycles. The van der Waals surface area contributed by atoms with Crippen molar-refractivity contribution in [3.8, 4) is 5.75 Å². The number of rotatable bonds is 5. The number of ether oxygens (including phenoxy) is 1. The molecule has 2 heteroatoms. The van der Waals surface area contributed by atoms with Gasteiger partial charge < -0.3 is 4.74 Å². The van der Waals surface area contributed by atoms with Crippen molar-refractivity contribution in [2.24, 2.45) is 10.8 Å². The van der Waals surface area contributed by atoms with Gasteiger partial charge in [0.05, 0.1) is 0 Å². The molecule has 0 heterocycles. The van der Waals surface area contributed by atoms with Crippen molar-refractivity contribution in [2.45, 2.75) is 107 Å². The summed E-state index contributed by atoms with van der Waals surface area (Å²) >= 11 is 6.96. The summed E-state index contributed by atoms with van der Waals surface area (Å²) < 4.78 is 6.64. The molecule has 1 rings (SSSR count). The maximum absolute atomic E-state index is 6.96. The van der Waals surface area contributed by atoms with Crippen LogP contribution >= 0.6 is 11.6 Å². The lowest BCUT2D eigenvalue weighted by molar-refractivity contribution is 0.125. The van der Waals surface area contributed by atoms with Crippen molar-refractivity contribution in [2.75, 3.05) is 0 Å². The van der Waals surface area contributed by atoms with Crippen LogP contribution in [-0.4, -0.2) is 5.60 Å². The summed E-state index contributed by atoms with van der Waals surface area (Å²) in [6, 6.07) is 0. The third-order valence-corrected chi connectivity index (χ3v) is 4.79. The normalized spacial score (nSPS) is 13.2. The summed E-state index contributed by atoms with van der Waals surface area (Å²) in [5.41, 5.74) is 5.30. The van der Waals surface area contributed by atoms with Gasteiger partial charge in [-0.1, -0.05) is 67.0 Å². The first kappa shape index (κ1) is 23.3. The topological polar surface area (TPSA) is 9.23 Å². The molecule has 0 atom stereocenters. The van der Waals surface area contributed by atoms with Gasteiger partial charge in [-0.2, -0.15) is 0 Å². The van der Waals surface area contributed by atoms with E-state index < -0.39 is 0 Å². The Bertz CT molecular complexity index is 577. The summed E-state index contributed by atoms with van der Waals surface area (Å²) in [6.07, 6.45) is 3.83. The highest BCUT2D eigenvalue weighted by atomic mass is 35.5. The van der Waals surface area contributed by atoms with Gasteiger partial charge in [-0.3, -0.25) is 0 Å². The molecule has 0 saturated heterocycles. The second-order valence-electron chi connectivity index (χ2n) is 11.0. The molecule has 0 unspecified atom stereocenters. The van der Waals surface area contributed by atoms with Gasteiger partial charge in [0.25, 0.3) is 0 Å². The molecular weight excluding hydrogens is 340 g/mol. The smallest absolute Gasteiger partial charge is 0.127 e. The van der Waals surface area contributed by atoms with Gasteiger partial charge in [0.15, 0.2) is 0 Å². The first-order valence-corrected chi connectivity index (χ1v) is 10.5. The average Bonchev–Trinajstić information content (AvgIpc) is 2.39. The molecule has 0 N–H and O–H groups in total. The van der Waals surface area contributed by atoms with Crippen LogP contribution in [0.5, 0.6) is 5.75 Å². The van der Waals surface area contributed by atoms with E-state index in [1.54, 1.807) is 0 Å². The van der Waals surface area contributed by atoms with E-state index in [0.29, 0.717) is 0 Å². The predicted octanol–water partition coefficient (Wildman–Crippen LogP) is 7.82. The largest absolute Gasteiger partial charge is 0.488 e. The van der Waals surface area contributed by atoms with Crippen LogP contribution in [0.25, 0.3) is 0 Å². The molecule has 0 bridgehead atoms. The van der Waals surface area contributed by atoms with Gasteiger partial charge >= 0.3 is 0 Å². The zero-order chi connectivity index (χ0) is 20.5. The van der Waals surface area contributed by atoms with E-state index in [9.17, 15) is 0 Å². The van der Waals surface area contributed by atoms with Crippen molar-refractivity contribution >= 4 is 11.6 Å². The van der Waals surface area contributed by atoms with Gasteiger partial charge in [-0.15, -0.1) is 0 Å². The fraction of sp³-hybridized carbons (Fsp3) is 0.750. The van der Waals surface area contributed by atoms with Crippen LogP contribution in [0.15, 0.2) is 0 Å². The average molecular weight is 381 g/mol. The molecule has 0 saturated carbocycles. The lowest BCUT2D eigenvalue weighted by atomic mass is 9.79. The molecule has 0 amide bonds. The van der Waals surface area contributed by atoms with Crippen LogP contribution in [0.4, 0.5) is 0 Å². The van der Waals surface area contributed by atoms with Gasteiger partial charge in [0.1, 0.15) is 11.4 Å². The van der Waals surface area contributed by atoms with Crippen LogP contribution < -0.4 is 4.74 Å². The number of hydrogen-bond donors (Lipinski definition) is 0. The Morgan fingerprint density at radius 1 is 0.654 bits per heavy atom. The molecule has 0 aliphatic heterocycles. The maximum atomic E-state index is 6.96. The summed E-state index contributed by atoms with van der Waals surface area (Å²) in [5, 5.41) is 0.967. The Hall–Kier alpha value is -0.690. The molecule has 150 valence electrons. The highest BCUT2D eigenvalue weighted by Crippen LogP contribution is 2.44. The Morgan fingerprint density at radius 3 is 1.23 bits per heavy atom. The van der Waals surface area contributed by atoms with E-state index in [4.69, 9.17) is 16.3 Å². The molecule has 26 heavy (non-hydrogen) atoms. The minimum absolute atomic E-state index is 0.177. The quantitative estimate of drug-likeness (QED) is 0.505. The lowest BCUT2D eigenvalue weighted by Gasteiger charge is -2.33. The summed E-state index contributed by atoms with van der Waals surface area (Å²) in [5.74, 6) is 1.10. The van der Waals surface area contributed by atoms with Crippen molar-refractivity contribution in [1.29, 1.82) is 0 Å². The van der Waals surface area contributed by atoms with Crippen LogP contribution in [-0.2, 0) is 25.7 Å². The van der Waals surface area contributed by atoms with Crippen LogP contribution in [0, 0.1) is 10.8 Å². The third kappa shape index (κ3) is 6.48. The summed E-state index contributed by atoms with van der Waals surface area (Å²) in [7, 11) is 0. The SMILES string of the molecule is CCc1c(Cl)c(CC)c(CC(C)(C)C)c(OC(C)(C)C)c1CC(C)(C)C. The van der Waals surface area contributed by atoms with Crippen LogP contribution in [0.1, 0.15) is 98.4 Å². The second kappa shape index (κ2) is 8.13. The van der Waals surface area contributed by atoms with Crippen molar-refractivity contribution < 1.29 is 4.74 Å². The molecule has 0 aliphatic carbocycles. The molecule has 0 aliphatic rings. The molecule has 1 aromatic carbocycles. The Labute approximate surface area is 167 Å². The zero-order valence-electron chi connectivity index (χ0n) is 19.1. The molecule has 1 nitrogen and oxygen atoms in total. The van der Waals surface area contributed by atoms with Gasteiger partial charge in [-0.05, 0) is 79.5 Å². The Kier molecular flexibility index (Phi) is 7.30. The van der Waals surface area contributed by atoms with Crippen molar-refractivity contribution in [1.82, 2.24) is 0 Å². The monoisotopic (exact) mass is 380 g/mol. The first-order valence-electron chi connectivity index (χ1n) is 10.1. The highest BCUT2D eigenvalue weighted by molar-refractivity contribution is 6.32. The summed E-state index contributed by atoms with van der Waals surface area (Å²) in [6.45, 7) is 24.6. The van der Waals surface area contributed by atoms with Gasteiger partial charge in [0, 0.05) is 5.02 Å². The lowest BCUT2D eigenvalue weighted by Crippen LogP contribution is -2.27. The van der Waals surface area contributed by atoms with E-state index in [2.05, 4.69) is 76.2 Å². The first-order chi connectivity index (χ1) is 11.6. The van der Waals surface area contributed by atoms with E-state index in [0.717, 1.165) is 36.5 Å². The highest BCUT2D eigenvalue weighted by Gasteiger charge is 2.29. The minimum Gasteiger partial charge on any atom is -0.488 e. The fourth-order valence-corrected chi connectivity index (χ4v) is 4.00. The molecule has 0 radical (unpaired) electrons. The van der Waals surface area contributed by atoms with E-state index in [-0.39, 0.29) is 16.4 Å². The Morgan fingerprint density at radius 2 is 1.00 bits per heavy atom. The molecule has 0 spiro atoms. The van der Waals surface area contributed by atoms with Crippen LogP contribution in [0.3, 0.4) is 0 Å². The predicted molar refractivity (Wildman–Crippen MR) is 117 cm³/mol. The Balaban J connectivity index is 3.88. The standard InChI is InChI=1S/C24H41ClO/c1-12-16-18(14-22(3,4)5)21(26-24(9,10)11)19(15-23(6,7)8)17(13-2)20(16)25/h12-15H2,1-11H3. The second-order valence-corrected chi connectivity index (χ2v) is 11.3. The van der Waals surface area contributed by atoms with Crippen molar-refractivity contribution in [3.05, 3.63) is 27.3 Å². The van der Waals surface area contributed by atoms with Crippen molar-refractivity contribution in [3.63, 3.8) is 0 Å². The number of benzene rings is 1. The molecular formula is C24H41ClO. The van der Waals surface area contributed by atoms with Gasteiger partial charge in [0.2, 0.25) is 0 Å². The summed E-state index contributed by atoms with van der Waals surface area (Å²) in [4.78, 5) is 0. The van der Waals surface area contributed by atoms with Gasteiger partial charge in [-0.25, -0.2) is 0 Å². The fourth-order valence-electron chi connectivity index (χ4n) is 3.50. The third-order valence-electron chi connectivity index (χ3n) is 4.34. The number of halogens is 1.